The Morgan fingerprint density at radius 3 is 3.00 bits per heavy atom. The highest BCUT2D eigenvalue weighted by Crippen LogP contribution is 2.21. The summed E-state index contributed by atoms with van der Waals surface area (Å²) in [5.41, 5.74) is 5.78. The van der Waals surface area contributed by atoms with E-state index in [1.807, 2.05) is 0 Å². The number of nitrogens with two attached hydrogens (primary N) is 1. The molecule has 1 atom stereocenters. The molecule has 1 aliphatic heterocycles. The first-order valence-corrected chi connectivity index (χ1v) is 7.19. The third-order valence-electron chi connectivity index (χ3n) is 3.18. The van der Waals surface area contributed by atoms with Crippen molar-refractivity contribution in [1.29, 1.82) is 0 Å². The summed E-state index contributed by atoms with van der Waals surface area (Å²) in [4.78, 5) is 29.1. The summed E-state index contributed by atoms with van der Waals surface area (Å²) < 4.78 is 0. The first-order chi connectivity index (χ1) is 9.13. The Hall–Kier alpha value is -1.47. The Kier molecular flexibility index (Phi) is 4.49. The predicted octanol–water partition coefficient (Wildman–Crippen LogP) is 0.724. The zero-order valence-electron chi connectivity index (χ0n) is 10.5. The van der Waals surface area contributed by atoms with Crippen molar-refractivity contribution in [2.75, 3.05) is 13.1 Å². The summed E-state index contributed by atoms with van der Waals surface area (Å²) in [7, 11) is 0. The van der Waals surface area contributed by atoms with Crippen LogP contribution in [0.2, 0.25) is 0 Å². The number of likely N-dealkylation sites (tertiary alicyclic amines) is 1. The smallest absolute Gasteiger partial charge is 0.326 e. The number of piperidine rings is 1. The van der Waals surface area contributed by atoms with Gasteiger partial charge >= 0.3 is 5.97 Å². The van der Waals surface area contributed by atoms with Gasteiger partial charge in [-0.25, -0.2) is 9.78 Å². The van der Waals surface area contributed by atoms with Crippen LogP contribution >= 0.6 is 11.3 Å². The van der Waals surface area contributed by atoms with Crippen molar-refractivity contribution in [3.8, 4) is 0 Å². The number of carboxylic acids is 1. The fraction of sp³-hybridized carbons (Fsp3) is 0.583. The van der Waals surface area contributed by atoms with Crippen molar-refractivity contribution >= 4 is 23.2 Å². The lowest BCUT2D eigenvalue weighted by molar-refractivity contribution is -0.143. The summed E-state index contributed by atoms with van der Waals surface area (Å²) in [6.07, 6.45) is 2.84. The van der Waals surface area contributed by atoms with Crippen LogP contribution in [0.5, 0.6) is 0 Å². The van der Waals surface area contributed by atoms with Crippen LogP contribution < -0.4 is 5.73 Å². The minimum Gasteiger partial charge on any atom is -0.480 e. The number of nitrogens with zero attached hydrogens (tertiary/aromatic N) is 2. The van der Waals surface area contributed by atoms with E-state index < -0.39 is 12.0 Å². The Labute approximate surface area is 115 Å². The second kappa shape index (κ2) is 6.12. The van der Waals surface area contributed by atoms with Crippen LogP contribution in [0.15, 0.2) is 5.38 Å². The van der Waals surface area contributed by atoms with Gasteiger partial charge in [-0.05, 0) is 25.8 Å². The lowest BCUT2D eigenvalue weighted by atomic mass is 10.0. The molecule has 1 saturated heterocycles. The summed E-state index contributed by atoms with van der Waals surface area (Å²) >= 11 is 1.39. The molecule has 7 heteroatoms. The topological polar surface area (TPSA) is 96.5 Å². The number of amides is 1. The summed E-state index contributed by atoms with van der Waals surface area (Å²) in [6.45, 7) is 0.974. The van der Waals surface area contributed by atoms with Crippen molar-refractivity contribution in [2.45, 2.75) is 31.7 Å². The molecule has 0 radical (unpaired) electrons. The lowest BCUT2D eigenvalue weighted by Gasteiger charge is -2.32. The van der Waals surface area contributed by atoms with Crippen LogP contribution in [0.4, 0.5) is 0 Å². The zero-order valence-corrected chi connectivity index (χ0v) is 11.4. The maximum absolute atomic E-state index is 12.3. The molecule has 0 saturated carbocycles. The molecule has 0 unspecified atom stereocenters. The van der Waals surface area contributed by atoms with Crippen LogP contribution in [-0.2, 0) is 11.2 Å². The highest BCUT2D eigenvalue weighted by molar-refractivity contribution is 7.09. The van der Waals surface area contributed by atoms with Gasteiger partial charge < -0.3 is 15.7 Å². The molecule has 0 aliphatic carbocycles. The Balaban J connectivity index is 2.14. The maximum Gasteiger partial charge on any atom is 0.326 e. The molecule has 0 bridgehead atoms. The Bertz CT molecular complexity index is 475. The predicted molar refractivity (Wildman–Crippen MR) is 71.2 cm³/mol. The van der Waals surface area contributed by atoms with Gasteiger partial charge in [-0.3, -0.25) is 4.79 Å². The van der Waals surface area contributed by atoms with Gasteiger partial charge in [0, 0.05) is 18.3 Å². The minimum atomic E-state index is -0.939. The SMILES string of the molecule is NCCc1nc(C(=O)N2CCCC[C@@H]2C(=O)O)cs1. The number of rotatable bonds is 4. The fourth-order valence-corrected chi connectivity index (χ4v) is 3.01. The van der Waals surface area contributed by atoms with Crippen LogP contribution in [0, 0.1) is 0 Å². The summed E-state index contributed by atoms with van der Waals surface area (Å²) in [5, 5.41) is 11.7. The van der Waals surface area contributed by atoms with Gasteiger partial charge in [0.2, 0.25) is 0 Å². The van der Waals surface area contributed by atoms with Gasteiger partial charge in [0.15, 0.2) is 0 Å². The number of aliphatic carboxylic acids is 1. The van der Waals surface area contributed by atoms with Crippen LogP contribution in [-0.4, -0.2) is 46.0 Å². The van der Waals surface area contributed by atoms with E-state index in [0.717, 1.165) is 17.8 Å². The van der Waals surface area contributed by atoms with Gasteiger partial charge in [0.1, 0.15) is 11.7 Å². The average Bonchev–Trinajstić information content (AvgIpc) is 2.87. The minimum absolute atomic E-state index is 0.286. The fourth-order valence-electron chi connectivity index (χ4n) is 2.23. The molecule has 1 amide bonds. The Morgan fingerprint density at radius 1 is 1.53 bits per heavy atom. The largest absolute Gasteiger partial charge is 0.480 e. The number of carboxylic acid groups (broad SMARTS) is 1. The highest BCUT2D eigenvalue weighted by Gasteiger charge is 2.33. The number of thiazole rings is 1. The number of hydrogen-bond donors (Lipinski definition) is 2. The van der Waals surface area contributed by atoms with Gasteiger partial charge in [-0.2, -0.15) is 0 Å². The first kappa shape index (κ1) is 14.0. The van der Waals surface area contributed by atoms with Crippen LogP contribution in [0.1, 0.15) is 34.8 Å². The molecule has 1 fully saturated rings. The molecule has 0 aromatic carbocycles. The van der Waals surface area contributed by atoms with Gasteiger partial charge in [0.25, 0.3) is 5.91 Å². The number of aromatic nitrogens is 1. The number of carbonyl (C=O) groups excluding carboxylic acids is 1. The summed E-state index contributed by atoms with van der Waals surface area (Å²) in [6, 6.07) is -0.721. The van der Waals surface area contributed by atoms with Crippen molar-refractivity contribution in [3.63, 3.8) is 0 Å². The normalized spacial score (nSPS) is 19.4. The molecule has 6 nitrogen and oxygen atoms in total. The van der Waals surface area contributed by atoms with Crippen LogP contribution in [0.3, 0.4) is 0 Å². The molecule has 1 aliphatic rings. The molecule has 2 rings (SSSR count). The van der Waals surface area contributed by atoms with E-state index in [9.17, 15) is 9.59 Å². The lowest BCUT2D eigenvalue weighted by Crippen LogP contribution is -2.48. The molecule has 1 aromatic heterocycles. The molecular weight excluding hydrogens is 266 g/mol. The van der Waals surface area contributed by atoms with E-state index in [1.54, 1.807) is 5.38 Å². The first-order valence-electron chi connectivity index (χ1n) is 6.31. The van der Waals surface area contributed by atoms with E-state index in [1.165, 1.54) is 16.2 Å². The monoisotopic (exact) mass is 283 g/mol. The third kappa shape index (κ3) is 3.10. The van der Waals surface area contributed by atoms with Crippen molar-refractivity contribution in [1.82, 2.24) is 9.88 Å². The third-order valence-corrected chi connectivity index (χ3v) is 4.09. The molecule has 104 valence electrons. The van der Waals surface area contributed by atoms with Crippen LogP contribution in [0.25, 0.3) is 0 Å². The number of carbonyl (C=O) groups is 2. The second-order valence-corrected chi connectivity index (χ2v) is 5.46. The highest BCUT2D eigenvalue weighted by atomic mass is 32.1. The summed E-state index contributed by atoms with van der Waals surface area (Å²) in [5.74, 6) is -1.22. The van der Waals surface area contributed by atoms with Crippen molar-refractivity contribution in [2.24, 2.45) is 5.73 Å². The molecular formula is C12H17N3O3S. The maximum atomic E-state index is 12.3. The quantitative estimate of drug-likeness (QED) is 0.849. The number of hydrogen-bond acceptors (Lipinski definition) is 5. The van der Waals surface area contributed by atoms with Gasteiger partial charge in [-0.1, -0.05) is 0 Å². The standard InChI is InChI=1S/C12H17N3O3S/c13-5-4-10-14-8(7-19-10)11(16)15-6-2-1-3-9(15)12(17)18/h7,9H,1-6,13H2,(H,17,18)/t9-/m1/s1. The van der Waals surface area contributed by atoms with Gasteiger partial charge in [-0.15, -0.1) is 11.3 Å². The average molecular weight is 283 g/mol. The van der Waals surface area contributed by atoms with E-state index in [-0.39, 0.29) is 5.91 Å². The van der Waals surface area contributed by atoms with Crippen molar-refractivity contribution in [3.05, 3.63) is 16.1 Å². The molecule has 3 N–H and O–H groups in total. The van der Waals surface area contributed by atoms with E-state index in [2.05, 4.69) is 4.98 Å². The Morgan fingerprint density at radius 2 is 2.32 bits per heavy atom. The molecule has 0 spiro atoms. The van der Waals surface area contributed by atoms with E-state index in [0.29, 0.717) is 31.6 Å². The van der Waals surface area contributed by atoms with Crippen molar-refractivity contribution < 1.29 is 14.7 Å². The van der Waals surface area contributed by atoms with E-state index in [4.69, 9.17) is 10.8 Å². The second-order valence-electron chi connectivity index (χ2n) is 4.51. The molecule has 1 aromatic rings. The molecule has 19 heavy (non-hydrogen) atoms. The zero-order chi connectivity index (χ0) is 13.8. The van der Waals surface area contributed by atoms with E-state index >= 15 is 0 Å². The molecule has 2 heterocycles. The van der Waals surface area contributed by atoms with Gasteiger partial charge in [0.05, 0.1) is 5.01 Å².